The number of sulfonamides is 1. The first kappa shape index (κ1) is 20.4. The van der Waals surface area contributed by atoms with Crippen molar-refractivity contribution in [3.8, 4) is 0 Å². The van der Waals surface area contributed by atoms with Gasteiger partial charge >= 0.3 is 5.97 Å². The monoisotopic (exact) mass is 390 g/mol. The third-order valence-corrected chi connectivity index (χ3v) is 5.46. The third-order valence-electron chi connectivity index (χ3n) is 4.06. The van der Waals surface area contributed by atoms with Crippen molar-refractivity contribution in [1.82, 2.24) is 5.32 Å². The molecule has 0 saturated carbocycles. The normalized spacial score (nSPS) is 13.4. The molecule has 2 aromatic carbocycles. The van der Waals surface area contributed by atoms with Gasteiger partial charge in [-0.1, -0.05) is 31.5 Å². The Morgan fingerprint density at radius 2 is 1.63 bits per heavy atom. The van der Waals surface area contributed by atoms with Crippen molar-refractivity contribution in [3.05, 3.63) is 60.2 Å². The zero-order valence-corrected chi connectivity index (χ0v) is 15.9. The van der Waals surface area contributed by atoms with Gasteiger partial charge in [0.25, 0.3) is 15.9 Å². The number of hydrogen-bond donors (Lipinski definition) is 3. The summed E-state index contributed by atoms with van der Waals surface area (Å²) < 4.78 is 27.0. The minimum Gasteiger partial charge on any atom is -0.480 e. The summed E-state index contributed by atoms with van der Waals surface area (Å²) in [5.74, 6) is -1.64. The molecule has 3 N–H and O–H groups in total. The molecule has 0 saturated heterocycles. The molecule has 0 aliphatic heterocycles. The molecule has 7 nitrogen and oxygen atoms in total. The van der Waals surface area contributed by atoms with Crippen molar-refractivity contribution >= 4 is 27.6 Å². The van der Waals surface area contributed by atoms with Gasteiger partial charge in [0.15, 0.2) is 0 Å². The van der Waals surface area contributed by atoms with Crippen molar-refractivity contribution < 1.29 is 23.1 Å². The van der Waals surface area contributed by atoms with Gasteiger partial charge in [-0.3, -0.25) is 9.52 Å². The molecule has 0 aliphatic rings. The van der Waals surface area contributed by atoms with Crippen LogP contribution in [-0.2, 0) is 14.8 Å². The molecule has 0 heterocycles. The highest BCUT2D eigenvalue weighted by Gasteiger charge is 2.34. The summed E-state index contributed by atoms with van der Waals surface area (Å²) in [5.41, 5.74) is -0.828. The van der Waals surface area contributed by atoms with E-state index in [1.165, 1.54) is 43.3 Å². The standard InChI is InChI=1S/C19H22N2O5S/c1-3-13-19(2,18(23)24)20-17(22)14-9-11-15(12-10-14)21-27(25,26)16-7-5-4-6-8-16/h4-12,21H,3,13H2,1-2H3,(H,20,22)(H,23,24). The number of anilines is 1. The smallest absolute Gasteiger partial charge is 0.329 e. The number of nitrogens with one attached hydrogen (secondary N) is 2. The summed E-state index contributed by atoms with van der Waals surface area (Å²) in [7, 11) is -3.72. The number of amides is 1. The fourth-order valence-corrected chi connectivity index (χ4v) is 3.63. The van der Waals surface area contributed by atoms with Crippen LogP contribution in [0.1, 0.15) is 37.0 Å². The molecular formula is C19H22N2O5S. The minimum atomic E-state index is -3.72. The predicted octanol–water partition coefficient (Wildman–Crippen LogP) is 2.86. The first-order valence-corrected chi connectivity index (χ1v) is 9.90. The van der Waals surface area contributed by atoms with E-state index >= 15 is 0 Å². The molecular weight excluding hydrogens is 368 g/mol. The molecule has 1 atom stereocenters. The van der Waals surface area contributed by atoms with E-state index in [0.717, 1.165) is 0 Å². The predicted molar refractivity (Wildman–Crippen MR) is 102 cm³/mol. The maximum atomic E-state index is 12.3. The van der Waals surface area contributed by atoms with E-state index < -0.39 is 27.4 Å². The highest BCUT2D eigenvalue weighted by atomic mass is 32.2. The fourth-order valence-electron chi connectivity index (χ4n) is 2.55. The van der Waals surface area contributed by atoms with Gasteiger partial charge in [-0.15, -0.1) is 0 Å². The zero-order valence-electron chi connectivity index (χ0n) is 15.1. The quantitative estimate of drug-likeness (QED) is 0.641. The maximum absolute atomic E-state index is 12.3. The van der Waals surface area contributed by atoms with Gasteiger partial charge in [0.1, 0.15) is 5.54 Å². The van der Waals surface area contributed by atoms with E-state index in [1.54, 1.807) is 18.2 Å². The molecule has 0 aliphatic carbocycles. The van der Waals surface area contributed by atoms with Crippen LogP contribution >= 0.6 is 0 Å². The lowest BCUT2D eigenvalue weighted by Crippen LogP contribution is -2.52. The number of aliphatic carboxylic acids is 1. The summed E-state index contributed by atoms with van der Waals surface area (Å²) in [4.78, 5) is 23.9. The molecule has 0 fully saturated rings. The zero-order chi connectivity index (χ0) is 20.1. The van der Waals surface area contributed by atoms with Gasteiger partial charge in [-0.05, 0) is 49.7 Å². The lowest BCUT2D eigenvalue weighted by Gasteiger charge is -2.25. The molecule has 2 rings (SSSR count). The van der Waals surface area contributed by atoms with Gasteiger partial charge < -0.3 is 10.4 Å². The lowest BCUT2D eigenvalue weighted by atomic mass is 9.95. The van der Waals surface area contributed by atoms with Gasteiger partial charge in [0, 0.05) is 11.3 Å². The van der Waals surface area contributed by atoms with Crippen molar-refractivity contribution in [2.75, 3.05) is 4.72 Å². The SMILES string of the molecule is CCCC(C)(NC(=O)c1ccc(NS(=O)(=O)c2ccccc2)cc1)C(=O)O. The number of benzene rings is 2. The molecule has 1 unspecified atom stereocenters. The Morgan fingerprint density at radius 1 is 1.04 bits per heavy atom. The summed E-state index contributed by atoms with van der Waals surface area (Å²) in [6.07, 6.45) is 0.895. The Hall–Kier alpha value is -2.87. The number of carboxylic acids is 1. The molecule has 0 radical (unpaired) electrons. The largest absolute Gasteiger partial charge is 0.480 e. The Balaban J connectivity index is 2.13. The number of carbonyl (C=O) groups is 2. The Morgan fingerprint density at radius 3 is 2.15 bits per heavy atom. The Kier molecular flexibility index (Phi) is 6.22. The molecule has 8 heteroatoms. The van der Waals surface area contributed by atoms with Gasteiger partial charge in [-0.25, -0.2) is 13.2 Å². The summed E-state index contributed by atoms with van der Waals surface area (Å²) in [6, 6.07) is 13.7. The second-order valence-electron chi connectivity index (χ2n) is 6.34. The molecule has 2 aromatic rings. The van der Waals surface area contributed by atoms with Crippen LogP contribution in [0, 0.1) is 0 Å². The fraction of sp³-hybridized carbons (Fsp3) is 0.263. The highest BCUT2D eigenvalue weighted by Crippen LogP contribution is 2.18. The van der Waals surface area contributed by atoms with Crippen molar-refractivity contribution in [1.29, 1.82) is 0 Å². The molecule has 144 valence electrons. The maximum Gasteiger partial charge on any atom is 0.329 e. The van der Waals surface area contributed by atoms with Crippen LogP contribution in [0.25, 0.3) is 0 Å². The van der Waals surface area contributed by atoms with Crippen molar-refractivity contribution in [2.24, 2.45) is 0 Å². The average molecular weight is 390 g/mol. The first-order chi connectivity index (χ1) is 12.7. The van der Waals surface area contributed by atoms with E-state index in [1.807, 2.05) is 6.92 Å². The summed E-state index contributed by atoms with van der Waals surface area (Å²) in [6.45, 7) is 3.29. The lowest BCUT2D eigenvalue weighted by molar-refractivity contribution is -0.144. The number of carbonyl (C=O) groups excluding carboxylic acids is 1. The molecule has 0 aromatic heterocycles. The van der Waals surface area contributed by atoms with Gasteiger partial charge in [0.05, 0.1) is 4.90 Å². The number of hydrogen-bond acceptors (Lipinski definition) is 4. The van der Waals surface area contributed by atoms with E-state index in [9.17, 15) is 23.1 Å². The highest BCUT2D eigenvalue weighted by molar-refractivity contribution is 7.92. The Labute approximate surface area is 158 Å². The average Bonchev–Trinajstić information content (AvgIpc) is 2.62. The van der Waals surface area contributed by atoms with Crippen LogP contribution < -0.4 is 10.0 Å². The minimum absolute atomic E-state index is 0.128. The van der Waals surface area contributed by atoms with Crippen LogP contribution in [0.3, 0.4) is 0 Å². The van der Waals surface area contributed by atoms with Crippen LogP contribution in [0.4, 0.5) is 5.69 Å². The van der Waals surface area contributed by atoms with Crippen LogP contribution in [-0.4, -0.2) is 30.9 Å². The summed E-state index contributed by atoms with van der Waals surface area (Å²) in [5, 5.41) is 11.9. The molecule has 0 spiro atoms. The van der Waals surface area contributed by atoms with E-state index in [2.05, 4.69) is 10.0 Å². The first-order valence-electron chi connectivity index (χ1n) is 8.42. The van der Waals surface area contributed by atoms with E-state index in [0.29, 0.717) is 18.5 Å². The van der Waals surface area contributed by atoms with Gasteiger partial charge in [-0.2, -0.15) is 0 Å². The van der Waals surface area contributed by atoms with Crippen LogP contribution in [0.5, 0.6) is 0 Å². The number of carboxylic acid groups (broad SMARTS) is 1. The van der Waals surface area contributed by atoms with Gasteiger partial charge in [0.2, 0.25) is 0 Å². The van der Waals surface area contributed by atoms with Crippen molar-refractivity contribution in [2.45, 2.75) is 37.1 Å². The second kappa shape index (κ2) is 8.22. The molecule has 27 heavy (non-hydrogen) atoms. The van der Waals surface area contributed by atoms with Crippen molar-refractivity contribution in [3.63, 3.8) is 0 Å². The third kappa shape index (κ3) is 5.07. The molecule has 1 amide bonds. The Bertz CT molecular complexity index is 911. The number of rotatable bonds is 8. The van der Waals surface area contributed by atoms with E-state index in [4.69, 9.17) is 0 Å². The summed E-state index contributed by atoms with van der Waals surface area (Å²) >= 11 is 0. The van der Waals surface area contributed by atoms with E-state index in [-0.39, 0.29) is 10.5 Å². The van der Waals surface area contributed by atoms with Crippen LogP contribution in [0.2, 0.25) is 0 Å². The van der Waals surface area contributed by atoms with Crippen LogP contribution in [0.15, 0.2) is 59.5 Å². The second-order valence-corrected chi connectivity index (χ2v) is 8.02. The molecule has 0 bridgehead atoms. The topological polar surface area (TPSA) is 113 Å².